The molecule has 2 bridgehead atoms. The summed E-state index contributed by atoms with van der Waals surface area (Å²) >= 11 is 0. The van der Waals surface area contributed by atoms with Crippen LogP contribution in [0, 0.1) is 10.8 Å². The number of carbonyl (C=O) groups is 4. The molecule has 1 aromatic heterocycles. The Morgan fingerprint density at radius 3 is 1.81 bits per heavy atom. The topological polar surface area (TPSA) is 148 Å². The van der Waals surface area contributed by atoms with Gasteiger partial charge in [-0.25, -0.2) is 4.79 Å². The van der Waals surface area contributed by atoms with Crippen LogP contribution >= 0.6 is 0 Å². The molecule has 0 spiro atoms. The fourth-order valence-corrected chi connectivity index (χ4v) is 7.24. The summed E-state index contributed by atoms with van der Waals surface area (Å²) in [7, 11) is 0. The standard InChI is InChI=1S/C41H53N5O6/c1-5-51-32-13-11-29(12-14-32)25-34(45-35(47)31-9-7-6-8-10-31)37(49)46-33(26-30-15-23-42-24-16-30)36(48)43-27-40-17-20-41(21-18-40,22-19-40)28-44-38(50)52-39(2,3)4/h6-16,23-24,33-34H,5,17-22,25-28H2,1-4H3,(H,43,48)(H,44,50)(H,45,47)(H,46,49)/t33-,34?,40?,41?/m0/s1. The minimum atomic E-state index is -0.948. The van der Waals surface area contributed by atoms with E-state index in [1.165, 1.54) is 0 Å². The van der Waals surface area contributed by atoms with E-state index in [0.29, 0.717) is 31.0 Å². The molecule has 3 aliphatic rings. The fourth-order valence-electron chi connectivity index (χ4n) is 7.24. The molecule has 0 aliphatic heterocycles. The van der Waals surface area contributed by atoms with Crippen LogP contribution in [0.2, 0.25) is 0 Å². The molecule has 3 aromatic rings. The van der Waals surface area contributed by atoms with Gasteiger partial charge in [-0.3, -0.25) is 19.4 Å². The maximum atomic E-state index is 14.1. The molecular formula is C41H53N5O6. The third-order valence-electron chi connectivity index (χ3n) is 10.4. The van der Waals surface area contributed by atoms with Gasteiger partial charge in [0.2, 0.25) is 11.8 Å². The van der Waals surface area contributed by atoms with E-state index in [-0.39, 0.29) is 41.6 Å². The maximum Gasteiger partial charge on any atom is 0.407 e. The lowest BCUT2D eigenvalue weighted by atomic mass is 9.53. The lowest BCUT2D eigenvalue weighted by Crippen LogP contribution is -2.57. The monoisotopic (exact) mass is 711 g/mol. The number of ether oxygens (including phenoxy) is 2. The Hall–Kier alpha value is -4.93. The predicted octanol–water partition coefficient (Wildman–Crippen LogP) is 5.53. The molecule has 0 radical (unpaired) electrons. The van der Waals surface area contributed by atoms with E-state index in [1.54, 1.807) is 36.7 Å². The van der Waals surface area contributed by atoms with Gasteiger partial charge in [-0.1, -0.05) is 30.3 Å². The largest absolute Gasteiger partial charge is 0.494 e. The van der Waals surface area contributed by atoms with Crippen molar-refractivity contribution in [3.63, 3.8) is 0 Å². The van der Waals surface area contributed by atoms with Crippen LogP contribution in [0.15, 0.2) is 79.1 Å². The van der Waals surface area contributed by atoms with Crippen LogP contribution in [0.25, 0.3) is 0 Å². The van der Waals surface area contributed by atoms with Gasteiger partial charge in [0.05, 0.1) is 6.61 Å². The van der Waals surface area contributed by atoms with Crippen LogP contribution < -0.4 is 26.0 Å². The molecule has 4 amide bonds. The highest BCUT2D eigenvalue weighted by Gasteiger charge is 2.48. The van der Waals surface area contributed by atoms with Gasteiger partial charge in [0.25, 0.3) is 5.91 Å². The molecule has 3 fully saturated rings. The molecule has 3 aliphatic carbocycles. The van der Waals surface area contributed by atoms with Gasteiger partial charge in [-0.2, -0.15) is 0 Å². The maximum absolute atomic E-state index is 14.1. The lowest BCUT2D eigenvalue weighted by molar-refractivity contribution is -0.130. The molecule has 2 aromatic carbocycles. The number of alkyl carbamates (subject to hydrolysis) is 1. The van der Waals surface area contributed by atoms with Gasteiger partial charge in [-0.15, -0.1) is 0 Å². The molecule has 11 heteroatoms. The van der Waals surface area contributed by atoms with Gasteiger partial charge in [0, 0.05) is 43.9 Å². The number of pyridine rings is 1. The Kier molecular flexibility index (Phi) is 12.6. The Morgan fingerprint density at radius 2 is 1.25 bits per heavy atom. The van der Waals surface area contributed by atoms with E-state index in [0.717, 1.165) is 49.7 Å². The van der Waals surface area contributed by atoms with Crippen molar-refractivity contribution in [3.8, 4) is 5.75 Å². The first kappa shape index (κ1) is 38.3. The Labute approximate surface area is 307 Å². The van der Waals surface area contributed by atoms with Crippen molar-refractivity contribution in [2.24, 2.45) is 10.8 Å². The molecule has 2 atom stereocenters. The molecule has 52 heavy (non-hydrogen) atoms. The Bertz CT molecular complexity index is 1630. The fraction of sp³-hybridized carbons (Fsp3) is 0.488. The molecule has 0 saturated heterocycles. The van der Waals surface area contributed by atoms with Crippen LogP contribution in [-0.4, -0.2) is 66.2 Å². The van der Waals surface area contributed by atoms with Crippen LogP contribution in [0.5, 0.6) is 5.75 Å². The second-order valence-electron chi connectivity index (χ2n) is 15.4. The number of aromatic nitrogens is 1. The summed E-state index contributed by atoms with van der Waals surface area (Å²) < 4.78 is 11.0. The lowest BCUT2D eigenvalue weighted by Gasteiger charge is -2.53. The number of fused-ring (bicyclic) bond motifs is 3. The quantitative estimate of drug-likeness (QED) is 0.162. The van der Waals surface area contributed by atoms with Crippen molar-refractivity contribution >= 4 is 23.8 Å². The third-order valence-corrected chi connectivity index (χ3v) is 10.4. The second kappa shape index (κ2) is 17.1. The van der Waals surface area contributed by atoms with Gasteiger partial charge >= 0.3 is 6.09 Å². The van der Waals surface area contributed by atoms with Gasteiger partial charge in [0.1, 0.15) is 23.4 Å². The van der Waals surface area contributed by atoms with Crippen molar-refractivity contribution < 1.29 is 28.7 Å². The first-order valence-electron chi connectivity index (χ1n) is 18.4. The molecular weight excluding hydrogens is 658 g/mol. The van der Waals surface area contributed by atoms with E-state index in [1.807, 2.05) is 70.2 Å². The summed E-state index contributed by atoms with van der Waals surface area (Å²) in [6.07, 6.45) is 9.13. The number of nitrogens with zero attached hydrogens (tertiary/aromatic N) is 1. The smallest absolute Gasteiger partial charge is 0.407 e. The van der Waals surface area contributed by atoms with Crippen LogP contribution in [-0.2, 0) is 27.2 Å². The minimum Gasteiger partial charge on any atom is -0.494 e. The summed E-state index contributed by atoms with van der Waals surface area (Å²) in [6, 6.07) is 18.0. The minimum absolute atomic E-state index is 0.0333. The average Bonchev–Trinajstić information content (AvgIpc) is 3.14. The first-order chi connectivity index (χ1) is 24.9. The van der Waals surface area contributed by atoms with Crippen molar-refractivity contribution in [3.05, 3.63) is 95.8 Å². The van der Waals surface area contributed by atoms with E-state index in [9.17, 15) is 19.2 Å². The zero-order valence-corrected chi connectivity index (χ0v) is 30.8. The van der Waals surface area contributed by atoms with Gasteiger partial charge < -0.3 is 30.7 Å². The van der Waals surface area contributed by atoms with E-state index in [4.69, 9.17) is 9.47 Å². The predicted molar refractivity (Wildman–Crippen MR) is 199 cm³/mol. The highest BCUT2D eigenvalue weighted by molar-refractivity contribution is 5.98. The highest BCUT2D eigenvalue weighted by Crippen LogP contribution is 2.56. The van der Waals surface area contributed by atoms with Crippen LogP contribution in [0.1, 0.15) is 87.7 Å². The summed E-state index contributed by atoms with van der Waals surface area (Å²) in [6.45, 7) is 9.10. The number of nitrogens with one attached hydrogen (secondary N) is 4. The second-order valence-corrected chi connectivity index (χ2v) is 15.4. The van der Waals surface area contributed by atoms with Gasteiger partial charge in [-0.05, 0) is 125 Å². The number of hydrogen-bond acceptors (Lipinski definition) is 7. The van der Waals surface area contributed by atoms with Crippen molar-refractivity contribution in [1.29, 1.82) is 0 Å². The Morgan fingerprint density at radius 1 is 0.712 bits per heavy atom. The molecule has 6 rings (SSSR count). The van der Waals surface area contributed by atoms with E-state index >= 15 is 0 Å². The molecule has 1 unspecified atom stereocenters. The summed E-state index contributed by atoms with van der Waals surface area (Å²) in [5, 5.41) is 12.1. The molecule has 11 nitrogen and oxygen atoms in total. The molecule has 1 heterocycles. The number of benzene rings is 2. The third kappa shape index (κ3) is 10.8. The van der Waals surface area contributed by atoms with Crippen molar-refractivity contribution in [2.45, 2.75) is 96.7 Å². The average molecular weight is 712 g/mol. The number of hydrogen-bond donors (Lipinski definition) is 4. The number of amides is 4. The van der Waals surface area contributed by atoms with Gasteiger partial charge in [0.15, 0.2) is 0 Å². The Balaban J connectivity index is 1.25. The van der Waals surface area contributed by atoms with Crippen molar-refractivity contribution in [1.82, 2.24) is 26.3 Å². The van der Waals surface area contributed by atoms with Crippen molar-refractivity contribution in [2.75, 3.05) is 19.7 Å². The SMILES string of the molecule is CCOc1ccc(CC(NC(=O)c2ccccc2)C(=O)N[C@@H](Cc2ccncc2)C(=O)NCC23CCC(CNC(=O)OC(C)(C)C)(CC2)CC3)cc1. The normalized spacial score (nSPS) is 20.5. The highest BCUT2D eigenvalue weighted by atomic mass is 16.6. The van der Waals surface area contributed by atoms with E-state index in [2.05, 4.69) is 26.3 Å². The van der Waals surface area contributed by atoms with Crippen LogP contribution in [0.3, 0.4) is 0 Å². The first-order valence-corrected chi connectivity index (χ1v) is 18.4. The summed E-state index contributed by atoms with van der Waals surface area (Å²) in [5.74, 6) is -0.396. The van der Waals surface area contributed by atoms with E-state index < -0.39 is 23.6 Å². The summed E-state index contributed by atoms with van der Waals surface area (Å²) in [4.78, 5) is 57.7. The number of rotatable bonds is 15. The van der Waals surface area contributed by atoms with Crippen LogP contribution in [0.4, 0.5) is 4.79 Å². The number of carbonyl (C=O) groups excluding carboxylic acids is 4. The zero-order chi connectivity index (χ0) is 37.2. The molecule has 4 N–H and O–H groups in total. The molecule has 3 saturated carbocycles. The molecule has 278 valence electrons. The summed E-state index contributed by atoms with van der Waals surface area (Å²) in [5.41, 5.74) is 1.58. The zero-order valence-electron chi connectivity index (χ0n) is 30.8.